The second-order valence-corrected chi connectivity index (χ2v) is 4.15. The van der Waals surface area contributed by atoms with Crippen LogP contribution in [0.2, 0.25) is 0 Å². The maximum absolute atomic E-state index is 12.0. The van der Waals surface area contributed by atoms with Crippen LogP contribution in [0.3, 0.4) is 0 Å². The van der Waals surface area contributed by atoms with Crippen LogP contribution in [0.4, 0.5) is 5.69 Å². The summed E-state index contributed by atoms with van der Waals surface area (Å²) in [7, 11) is 0. The molecule has 7 heteroatoms. The molecule has 1 aromatic carbocycles. The van der Waals surface area contributed by atoms with Crippen molar-refractivity contribution in [2.24, 2.45) is 10.3 Å². The number of hydrogen-bond donors (Lipinski definition) is 1. The van der Waals surface area contributed by atoms with E-state index in [1.54, 1.807) is 30.3 Å². The highest BCUT2D eigenvalue weighted by atomic mass is 16.3. The normalized spacial score (nSPS) is 10.5. The maximum atomic E-state index is 12.0. The zero-order valence-electron chi connectivity index (χ0n) is 11.0. The van der Waals surface area contributed by atoms with E-state index >= 15 is 0 Å². The number of nitroso groups, excluding NO2 is 1. The molecule has 1 heterocycles. The third-order valence-electron chi connectivity index (χ3n) is 2.87. The summed E-state index contributed by atoms with van der Waals surface area (Å²) in [5.41, 5.74) is -0.834. The van der Waals surface area contributed by atoms with Crippen molar-refractivity contribution in [3.05, 3.63) is 62.3 Å². The van der Waals surface area contributed by atoms with E-state index in [-0.39, 0.29) is 11.1 Å². The average molecular weight is 282 g/mol. The van der Waals surface area contributed by atoms with Crippen LogP contribution in [-0.2, 0) is 0 Å². The van der Waals surface area contributed by atoms with E-state index < -0.39 is 17.1 Å². The van der Waals surface area contributed by atoms with Gasteiger partial charge in [0.2, 0.25) is 5.88 Å². The number of rotatable bonds is 3. The smallest absolute Gasteiger partial charge is 0.303 e. The quantitative estimate of drug-likeness (QED) is 0.686. The first kappa shape index (κ1) is 14.1. The molecule has 0 aliphatic rings. The number of aromatic nitrogens is 1. The Morgan fingerprint density at radius 1 is 1.33 bits per heavy atom. The minimum absolute atomic E-state index is 0.0289. The molecule has 0 unspecified atom stereocenters. The van der Waals surface area contributed by atoms with Crippen molar-refractivity contribution in [1.82, 2.24) is 4.68 Å². The first-order chi connectivity index (χ1) is 10.1. The van der Waals surface area contributed by atoms with Gasteiger partial charge in [-0.1, -0.05) is 30.3 Å². The molecular formula is C14H10N4O3. The summed E-state index contributed by atoms with van der Waals surface area (Å²) in [6.07, 6.45) is 1.33. The van der Waals surface area contributed by atoms with E-state index in [9.17, 15) is 14.8 Å². The van der Waals surface area contributed by atoms with E-state index in [1.165, 1.54) is 13.1 Å². The number of pyridine rings is 1. The molecule has 0 fully saturated rings. The predicted molar refractivity (Wildman–Crippen MR) is 76.7 cm³/mol. The molecule has 0 aliphatic heterocycles. The molecule has 2 rings (SSSR count). The summed E-state index contributed by atoms with van der Waals surface area (Å²) in [4.78, 5) is 22.8. The number of nitriles is 1. The van der Waals surface area contributed by atoms with Gasteiger partial charge >= 0.3 is 5.56 Å². The van der Waals surface area contributed by atoms with Gasteiger partial charge in [0, 0.05) is 5.56 Å². The largest absolute Gasteiger partial charge is 0.492 e. The summed E-state index contributed by atoms with van der Waals surface area (Å²) in [5, 5.41) is 25.4. The van der Waals surface area contributed by atoms with E-state index in [0.29, 0.717) is 10.2 Å². The van der Waals surface area contributed by atoms with Crippen LogP contribution in [0.25, 0.3) is 0 Å². The monoisotopic (exact) mass is 282 g/mol. The van der Waals surface area contributed by atoms with Crippen molar-refractivity contribution >= 4 is 11.9 Å². The van der Waals surface area contributed by atoms with E-state index in [4.69, 9.17) is 5.26 Å². The molecule has 0 amide bonds. The Morgan fingerprint density at radius 2 is 2.00 bits per heavy atom. The lowest BCUT2D eigenvalue weighted by Crippen LogP contribution is -2.18. The maximum Gasteiger partial charge on any atom is 0.303 e. The first-order valence-corrected chi connectivity index (χ1v) is 5.91. The zero-order valence-corrected chi connectivity index (χ0v) is 11.0. The van der Waals surface area contributed by atoms with Gasteiger partial charge in [-0.15, -0.1) is 4.91 Å². The van der Waals surface area contributed by atoms with Crippen LogP contribution in [0, 0.1) is 23.2 Å². The van der Waals surface area contributed by atoms with Gasteiger partial charge in [0.25, 0.3) is 0 Å². The molecule has 0 saturated heterocycles. The lowest BCUT2D eigenvalue weighted by molar-refractivity contribution is 0.418. The van der Waals surface area contributed by atoms with Gasteiger partial charge in [0.05, 0.1) is 6.21 Å². The number of nitrogens with zero attached hydrogens (tertiary/aromatic N) is 4. The van der Waals surface area contributed by atoms with Crippen molar-refractivity contribution in [3.63, 3.8) is 0 Å². The highest BCUT2D eigenvalue weighted by molar-refractivity contribution is 5.79. The molecule has 104 valence electrons. The Balaban J connectivity index is 2.65. The van der Waals surface area contributed by atoms with Gasteiger partial charge < -0.3 is 5.11 Å². The predicted octanol–water partition coefficient (Wildman–Crippen LogP) is 2.01. The average Bonchev–Trinajstić information content (AvgIpc) is 2.49. The topological polar surface area (TPSA) is 108 Å². The summed E-state index contributed by atoms with van der Waals surface area (Å²) in [5.74, 6) is -0.625. The minimum atomic E-state index is -0.883. The summed E-state index contributed by atoms with van der Waals surface area (Å²) in [6.45, 7) is 1.36. The molecule has 0 bridgehead atoms. The second kappa shape index (κ2) is 5.79. The zero-order chi connectivity index (χ0) is 15.4. The number of benzene rings is 1. The third kappa shape index (κ3) is 2.55. The van der Waals surface area contributed by atoms with E-state index in [2.05, 4.69) is 10.3 Å². The van der Waals surface area contributed by atoms with Gasteiger partial charge in [0.1, 0.15) is 11.6 Å². The van der Waals surface area contributed by atoms with Gasteiger partial charge in [0.15, 0.2) is 5.69 Å². The molecule has 2 aromatic rings. The molecule has 0 atom stereocenters. The molecule has 0 radical (unpaired) electrons. The molecule has 21 heavy (non-hydrogen) atoms. The molecule has 0 aliphatic carbocycles. The molecular weight excluding hydrogens is 272 g/mol. The second-order valence-electron chi connectivity index (χ2n) is 4.15. The van der Waals surface area contributed by atoms with Crippen LogP contribution in [0.1, 0.15) is 16.7 Å². The Bertz CT molecular complexity index is 817. The highest BCUT2D eigenvalue weighted by Crippen LogP contribution is 2.24. The fourth-order valence-corrected chi connectivity index (χ4v) is 1.76. The molecule has 0 saturated carbocycles. The van der Waals surface area contributed by atoms with Gasteiger partial charge in [-0.25, -0.2) is 0 Å². The van der Waals surface area contributed by atoms with Crippen LogP contribution in [0.15, 0.2) is 45.4 Å². The van der Waals surface area contributed by atoms with E-state index in [0.717, 1.165) is 0 Å². The standard InChI is InChI=1S/C14H10N4O3/c1-9-11(7-15)13(19)18(14(20)12(9)17-21)16-8-10-5-3-2-4-6-10/h2-6,8,19H,1H3/b16-8+. The van der Waals surface area contributed by atoms with Crippen LogP contribution in [-0.4, -0.2) is 16.0 Å². The minimum Gasteiger partial charge on any atom is -0.492 e. The first-order valence-electron chi connectivity index (χ1n) is 5.91. The molecule has 0 spiro atoms. The van der Waals surface area contributed by atoms with Crippen LogP contribution >= 0.6 is 0 Å². The van der Waals surface area contributed by atoms with Crippen molar-refractivity contribution in [2.75, 3.05) is 0 Å². The molecule has 1 aromatic heterocycles. The fourth-order valence-electron chi connectivity index (χ4n) is 1.76. The summed E-state index contributed by atoms with van der Waals surface area (Å²) in [6, 6.07) is 10.6. The van der Waals surface area contributed by atoms with Crippen LogP contribution < -0.4 is 5.56 Å². The van der Waals surface area contributed by atoms with Gasteiger partial charge in [-0.3, -0.25) is 4.79 Å². The fraction of sp³-hybridized carbons (Fsp3) is 0.0714. The van der Waals surface area contributed by atoms with Crippen LogP contribution in [0.5, 0.6) is 5.88 Å². The Morgan fingerprint density at radius 3 is 2.57 bits per heavy atom. The number of hydrogen-bond acceptors (Lipinski definition) is 6. The Hall–Kier alpha value is -3.27. The molecule has 7 nitrogen and oxygen atoms in total. The lowest BCUT2D eigenvalue weighted by Gasteiger charge is -2.07. The van der Waals surface area contributed by atoms with Crippen molar-refractivity contribution < 1.29 is 5.11 Å². The Kier molecular flexibility index (Phi) is 3.90. The number of aromatic hydroxyl groups is 1. The highest BCUT2D eigenvalue weighted by Gasteiger charge is 2.19. The third-order valence-corrected chi connectivity index (χ3v) is 2.87. The molecule has 1 N–H and O–H groups in total. The summed E-state index contributed by atoms with van der Waals surface area (Å²) >= 11 is 0. The summed E-state index contributed by atoms with van der Waals surface area (Å²) < 4.78 is 0.579. The van der Waals surface area contributed by atoms with Gasteiger partial charge in [-0.2, -0.15) is 15.0 Å². The van der Waals surface area contributed by atoms with Crippen molar-refractivity contribution in [3.8, 4) is 11.9 Å². The van der Waals surface area contributed by atoms with Gasteiger partial charge in [-0.05, 0) is 17.7 Å². The van der Waals surface area contributed by atoms with Crippen molar-refractivity contribution in [2.45, 2.75) is 6.92 Å². The lowest BCUT2D eigenvalue weighted by atomic mass is 10.1. The van der Waals surface area contributed by atoms with Crippen molar-refractivity contribution in [1.29, 1.82) is 5.26 Å². The Labute approximate surface area is 119 Å². The SMILES string of the molecule is Cc1c(C#N)c(O)n(/N=C/c2ccccc2)c(=O)c1N=O. The van der Waals surface area contributed by atoms with E-state index in [1.807, 2.05) is 6.07 Å².